The Morgan fingerprint density at radius 2 is 1.75 bits per heavy atom. The molecule has 0 aliphatic heterocycles. The van der Waals surface area contributed by atoms with E-state index in [0.29, 0.717) is 17.6 Å². The lowest BCUT2D eigenvalue weighted by molar-refractivity contribution is 0.0592. The molecule has 0 atom stereocenters. The van der Waals surface area contributed by atoms with Gasteiger partial charge in [-0.05, 0) is 66.4 Å². The first kappa shape index (κ1) is 14.1. The molecule has 4 heteroatoms. The summed E-state index contributed by atoms with van der Waals surface area (Å²) in [7, 11) is 0. The summed E-state index contributed by atoms with van der Waals surface area (Å²) in [5.41, 5.74) is 0.713. The third-order valence-corrected chi connectivity index (χ3v) is 4.94. The standard InChI is InChI=1S/C16H21BrN2O/c1-11-2-4-14(5-3-11)19(15-6-7-15)16(20)12-8-13(17)10-18-9-12/h8-11,14-15H,2-7H2,1H3. The van der Waals surface area contributed by atoms with E-state index in [4.69, 9.17) is 0 Å². The SMILES string of the molecule is CC1CCC(N(C(=O)c2cncc(Br)c2)C2CC2)CC1. The second-order valence-corrected chi connectivity index (χ2v) is 7.16. The Hall–Kier alpha value is -0.900. The number of carbonyl (C=O) groups excluding carboxylic acids is 1. The van der Waals surface area contributed by atoms with Crippen LogP contribution in [0.4, 0.5) is 0 Å². The van der Waals surface area contributed by atoms with Gasteiger partial charge in [0.25, 0.3) is 5.91 Å². The van der Waals surface area contributed by atoms with E-state index in [2.05, 4.69) is 32.7 Å². The molecule has 1 aromatic heterocycles. The Balaban J connectivity index is 1.78. The lowest BCUT2D eigenvalue weighted by Gasteiger charge is -2.36. The monoisotopic (exact) mass is 336 g/mol. The largest absolute Gasteiger partial charge is 0.333 e. The van der Waals surface area contributed by atoms with Crippen LogP contribution in [-0.2, 0) is 0 Å². The van der Waals surface area contributed by atoms with Crippen molar-refractivity contribution in [1.29, 1.82) is 0 Å². The van der Waals surface area contributed by atoms with Gasteiger partial charge in [-0.2, -0.15) is 0 Å². The number of carbonyl (C=O) groups is 1. The predicted molar refractivity (Wildman–Crippen MR) is 82.5 cm³/mol. The number of aromatic nitrogens is 1. The molecule has 1 aromatic rings. The maximum atomic E-state index is 12.8. The zero-order chi connectivity index (χ0) is 14.1. The molecule has 0 N–H and O–H groups in total. The van der Waals surface area contributed by atoms with E-state index in [0.717, 1.165) is 23.2 Å². The van der Waals surface area contributed by atoms with Crippen molar-refractivity contribution in [2.24, 2.45) is 5.92 Å². The number of hydrogen-bond donors (Lipinski definition) is 0. The Morgan fingerprint density at radius 3 is 2.30 bits per heavy atom. The average Bonchev–Trinajstić information content (AvgIpc) is 3.26. The summed E-state index contributed by atoms with van der Waals surface area (Å²) in [6, 6.07) is 2.79. The molecule has 0 bridgehead atoms. The highest BCUT2D eigenvalue weighted by molar-refractivity contribution is 9.10. The minimum absolute atomic E-state index is 0.167. The molecule has 2 fully saturated rings. The van der Waals surface area contributed by atoms with Crippen molar-refractivity contribution in [2.45, 2.75) is 57.5 Å². The molecular formula is C16H21BrN2O. The zero-order valence-electron chi connectivity index (χ0n) is 11.9. The van der Waals surface area contributed by atoms with Crippen molar-refractivity contribution >= 4 is 21.8 Å². The Labute approximate surface area is 128 Å². The third kappa shape index (κ3) is 3.05. The summed E-state index contributed by atoms with van der Waals surface area (Å²) < 4.78 is 0.872. The van der Waals surface area contributed by atoms with Crippen molar-refractivity contribution in [3.63, 3.8) is 0 Å². The normalized spacial score (nSPS) is 26.3. The molecule has 0 radical (unpaired) electrons. The quantitative estimate of drug-likeness (QED) is 0.834. The first-order valence-electron chi connectivity index (χ1n) is 7.58. The number of halogens is 1. The van der Waals surface area contributed by atoms with Crippen LogP contribution >= 0.6 is 15.9 Å². The summed E-state index contributed by atoms with van der Waals surface area (Å²) in [5, 5.41) is 0. The van der Waals surface area contributed by atoms with Crippen molar-refractivity contribution in [3.8, 4) is 0 Å². The molecule has 3 rings (SSSR count). The van der Waals surface area contributed by atoms with Crippen molar-refractivity contribution in [1.82, 2.24) is 9.88 Å². The van der Waals surface area contributed by atoms with E-state index >= 15 is 0 Å². The first-order valence-corrected chi connectivity index (χ1v) is 8.37. The number of amides is 1. The molecular weight excluding hydrogens is 316 g/mol. The smallest absolute Gasteiger partial charge is 0.255 e. The molecule has 1 amide bonds. The number of pyridine rings is 1. The van der Waals surface area contributed by atoms with Gasteiger partial charge in [0, 0.05) is 29.0 Å². The van der Waals surface area contributed by atoms with Crippen LogP contribution in [0.25, 0.3) is 0 Å². The maximum Gasteiger partial charge on any atom is 0.255 e. The fourth-order valence-electron chi connectivity index (χ4n) is 3.18. The fourth-order valence-corrected chi connectivity index (χ4v) is 3.55. The molecule has 20 heavy (non-hydrogen) atoms. The van der Waals surface area contributed by atoms with Gasteiger partial charge in [-0.15, -0.1) is 0 Å². The highest BCUT2D eigenvalue weighted by Crippen LogP contribution is 2.36. The van der Waals surface area contributed by atoms with Crippen LogP contribution in [0.3, 0.4) is 0 Å². The van der Waals surface area contributed by atoms with Crippen molar-refractivity contribution in [2.75, 3.05) is 0 Å². The Bertz CT molecular complexity index is 493. The van der Waals surface area contributed by atoms with Crippen molar-refractivity contribution < 1.29 is 4.79 Å². The molecule has 0 unspecified atom stereocenters. The minimum atomic E-state index is 0.167. The third-order valence-electron chi connectivity index (χ3n) is 4.51. The summed E-state index contributed by atoms with van der Waals surface area (Å²) in [6.07, 6.45) is 10.6. The van der Waals surface area contributed by atoms with E-state index in [-0.39, 0.29) is 5.91 Å². The number of rotatable bonds is 3. The molecule has 2 aliphatic carbocycles. The summed E-state index contributed by atoms with van der Waals surface area (Å²) in [4.78, 5) is 19.1. The van der Waals surface area contributed by atoms with Gasteiger partial charge in [0.15, 0.2) is 0 Å². The van der Waals surface area contributed by atoms with Crippen LogP contribution in [0.5, 0.6) is 0 Å². The molecule has 2 aliphatic rings. The van der Waals surface area contributed by atoms with Gasteiger partial charge in [-0.25, -0.2) is 0 Å². The van der Waals surface area contributed by atoms with Crippen LogP contribution in [0.1, 0.15) is 55.8 Å². The van der Waals surface area contributed by atoms with Crippen molar-refractivity contribution in [3.05, 3.63) is 28.5 Å². The molecule has 1 heterocycles. The van der Waals surface area contributed by atoms with E-state index in [1.54, 1.807) is 12.4 Å². The first-order chi connectivity index (χ1) is 9.65. The molecule has 3 nitrogen and oxygen atoms in total. The van der Waals surface area contributed by atoms with Gasteiger partial charge in [-0.3, -0.25) is 9.78 Å². The van der Waals surface area contributed by atoms with Gasteiger partial charge in [-0.1, -0.05) is 6.92 Å². The van der Waals surface area contributed by atoms with E-state index in [9.17, 15) is 4.79 Å². The Kier molecular flexibility index (Phi) is 4.11. The lowest BCUT2D eigenvalue weighted by atomic mass is 9.86. The van der Waals surface area contributed by atoms with Crippen LogP contribution < -0.4 is 0 Å². The lowest BCUT2D eigenvalue weighted by Crippen LogP contribution is -2.43. The number of nitrogens with zero attached hydrogens (tertiary/aromatic N) is 2. The van der Waals surface area contributed by atoms with Gasteiger partial charge in [0.2, 0.25) is 0 Å². The molecule has 0 saturated heterocycles. The predicted octanol–water partition coefficient (Wildman–Crippen LogP) is 4.03. The second kappa shape index (κ2) is 5.84. The van der Waals surface area contributed by atoms with Gasteiger partial charge < -0.3 is 4.90 Å². The van der Waals surface area contributed by atoms with Crippen LogP contribution in [-0.4, -0.2) is 27.9 Å². The zero-order valence-corrected chi connectivity index (χ0v) is 13.5. The Morgan fingerprint density at radius 1 is 1.15 bits per heavy atom. The average molecular weight is 337 g/mol. The van der Waals surface area contributed by atoms with Crippen LogP contribution in [0.2, 0.25) is 0 Å². The van der Waals surface area contributed by atoms with E-state index in [1.807, 2.05) is 6.07 Å². The highest BCUT2D eigenvalue weighted by Gasteiger charge is 2.38. The van der Waals surface area contributed by atoms with E-state index in [1.165, 1.54) is 25.7 Å². The fraction of sp³-hybridized carbons (Fsp3) is 0.625. The molecule has 108 valence electrons. The summed E-state index contributed by atoms with van der Waals surface area (Å²) >= 11 is 3.40. The molecule has 0 spiro atoms. The highest BCUT2D eigenvalue weighted by atomic mass is 79.9. The summed E-state index contributed by atoms with van der Waals surface area (Å²) in [6.45, 7) is 2.32. The summed E-state index contributed by atoms with van der Waals surface area (Å²) in [5.74, 6) is 0.982. The van der Waals surface area contributed by atoms with Crippen LogP contribution in [0.15, 0.2) is 22.9 Å². The van der Waals surface area contributed by atoms with Gasteiger partial charge in [0.1, 0.15) is 0 Å². The second-order valence-electron chi connectivity index (χ2n) is 6.25. The van der Waals surface area contributed by atoms with Gasteiger partial charge in [0.05, 0.1) is 5.56 Å². The maximum absolute atomic E-state index is 12.8. The number of hydrogen-bond acceptors (Lipinski definition) is 2. The van der Waals surface area contributed by atoms with Gasteiger partial charge >= 0.3 is 0 Å². The topological polar surface area (TPSA) is 33.2 Å². The minimum Gasteiger partial charge on any atom is -0.333 e. The van der Waals surface area contributed by atoms with Crippen LogP contribution in [0, 0.1) is 5.92 Å². The molecule has 2 saturated carbocycles. The molecule has 0 aromatic carbocycles. The van der Waals surface area contributed by atoms with E-state index < -0.39 is 0 Å².